The van der Waals surface area contributed by atoms with Gasteiger partial charge in [-0.3, -0.25) is 0 Å². The first-order valence-corrected chi connectivity index (χ1v) is 10.3. The van der Waals surface area contributed by atoms with Crippen molar-refractivity contribution in [2.24, 2.45) is 5.10 Å². The summed E-state index contributed by atoms with van der Waals surface area (Å²) >= 11 is 0. The van der Waals surface area contributed by atoms with Gasteiger partial charge in [-0.15, -0.1) is 10.2 Å². The highest BCUT2D eigenvalue weighted by Gasteiger charge is 2.30. The Morgan fingerprint density at radius 2 is 1.45 bits per heavy atom. The molecule has 31 heavy (non-hydrogen) atoms. The van der Waals surface area contributed by atoms with E-state index in [1.165, 1.54) is 5.56 Å². The molecule has 0 aliphatic carbocycles. The molecule has 0 bridgehead atoms. The van der Waals surface area contributed by atoms with E-state index in [0.29, 0.717) is 0 Å². The number of ether oxygens (including phenoxy) is 1. The van der Waals surface area contributed by atoms with Gasteiger partial charge in [0, 0.05) is 12.0 Å². The zero-order valence-corrected chi connectivity index (χ0v) is 17.2. The van der Waals surface area contributed by atoms with Crippen LogP contribution in [0.25, 0.3) is 11.3 Å². The van der Waals surface area contributed by atoms with E-state index in [0.717, 1.165) is 40.5 Å². The molecule has 0 fully saturated rings. The molecule has 1 aliphatic heterocycles. The van der Waals surface area contributed by atoms with Gasteiger partial charge < -0.3 is 4.74 Å². The molecule has 3 aromatic carbocycles. The van der Waals surface area contributed by atoms with E-state index in [1.54, 1.807) is 7.11 Å². The van der Waals surface area contributed by atoms with Crippen LogP contribution in [0.3, 0.4) is 0 Å². The van der Waals surface area contributed by atoms with Gasteiger partial charge in [-0.05, 0) is 47.5 Å². The van der Waals surface area contributed by atoms with Crippen molar-refractivity contribution in [1.29, 1.82) is 0 Å². The van der Waals surface area contributed by atoms with Gasteiger partial charge in [0.1, 0.15) is 5.75 Å². The van der Waals surface area contributed by atoms with Crippen LogP contribution in [0.4, 0.5) is 5.82 Å². The lowest BCUT2D eigenvalue weighted by atomic mass is 9.98. The molecule has 1 aromatic heterocycles. The van der Waals surface area contributed by atoms with E-state index < -0.39 is 0 Å². The normalized spacial score (nSPS) is 15.6. The van der Waals surface area contributed by atoms with Gasteiger partial charge in [0.25, 0.3) is 0 Å². The molecule has 1 unspecified atom stereocenters. The number of hydrogen-bond donors (Lipinski definition) is 0. The number of hydrogen-bond acceptors (Lipinski definition) is 5. The second-order valence-corrected chi connectivity index (χ2v) is 7.39. The topological polar surface area (TPSA) is 50.6 Å². The summed E-state index contributed by atoms with van der Waals surface area (Å²) in [5.74, 6) is 1.57. The molecule has 0 saturated carbocycles. The zero-order chi connectivity index (χ0) is 21.0. The summed E-state index contributed by atoms with van der Waals surface area (Å²) in [5.41, 5.74) is 5.19. The Morgan fingerprint density at radius 1 is 0.742 bits per heavy atom. The van der Waals surface area contributed by atoms with Crippen LogP contribution in [-0.4, -0.2) is 23.0 Å². The second kappa shape index (κ2) is 8.40. The standard InChI is InChI=1S/C26H22N4O/c1-31-22-14-12-20(13-15-22)24-18-25(21-10-6-3-7-11-21)30(29-24)26-17-16-23(27-28-26)19-8-4-2-5-9-19/h2-17,25H,18H2,1H3. The minimum Gasteiger partial charge on any atom is -0.497 e. The van der Waals surface area contributed by atoms with Crippen molar-refractivity contribution in [3.8, 4) is 17.0 Å². The average Bonchev–Trinajstić information content (AvgIpc) is 3.31. The van der Waals surface area contributed by atoms with Crippen molar-refractivity contribution < 1.29 is 4.74 Å². The van der Waals surface area contributed by atoms with Crippen molar-refractivity contribution in [1.82, 2.24) is 10.2 Å². The predicted molar refractivity (Wildman–Crippen MR) is 123 cm³/mol. The molecular formula is C26H22N4O. The van der Waals surface area contributed by atoms with Crippen LogP contribution in [0.1, 0.15) is 23.6 Å². The van der Waals surface area contributed by atoms with Gasteiger partial charge >= 0.3 is 0 Å². The summed E-state index contributed by atoms with van der Waals surface area (Å²) in [7, 11) is 1.67. The van der Waals surface area contributed by atoms with Crippen molar-refractivity contribution in [2.45, 2.75) is 12.5 Å². The van der Waals surface area contributed by atoms with E-state index in [-0.39, 0.29) is 6.04 Å². The largest absolute Gasteiger partial charge is 0.497 e. The highest BCUT2D eigenvalue weighted by Crippen LogP contribution is 2.36. The predicted octanol–water partition coefficient (Wildman–Crippen LogP) is 5.51. The Balaban J connectivity index is 1.50. The van der Waals surface area contributed by atoms with Crippen LogP contribution in [0, 0.1) is 0 Å². The van der Waals surface area contributed by atoms with Crippen LogP contribution in [-0.2, 0) is 0 Å². The summed E-state index contributed by atoms with van der Waals surface area (Å²) in [6.07, 6.45) is 0.790. The Morgan fingerprint density at radius 3 is 2.10 bits per heavy atom. The fraction of sp³-hybridized carbons (Fsp3) is 0.115. The molecule has 0 spiro atoms. The van der Waals surface area contributed by atoms with Gasteiger partial charge in [0.2, 0.25) is 0 Å². The second-order valence-electron chi connectivity index (χ2n) is 7.39. The van der Waals surface area contributed by atoms with Crippen molar-refractivity contribution in [2.75, 3.05) is 12.1 Å². The number of hydrazone groups is 1. The summed E-state index contributed by atoms with van der Waals surface area (Å²) < 4.78 is 5.29. The zero-order valence-electron chi connectivity index (χ0n) is 17.2. The molecule has 2 heterocycles. The molecule has 0 N–H and O–H groups in total. The molecule has 4 aromatic rings. The first kappa shape index (κ1) is 19.0. The lowest BCUT2D eigenvalue weighted by Crippen LogP contribution is -2.20. The molecule has 5 nitrogen and oxygen atoms in total. The quantitative estimate of drug-likeness (QED) is 0.439. The minimum atomic E-state index is 0.0650. The highest BCUT2D eigenvalue weighted by molar-refractivity contribution is 6.03. The first-order valence-electron chi connectivity index (χ1n) is 10.3. The molecule has 1 atom stereocenters. The molecule has 5 heteroatoms. The van der Waals surface area contributed by atoms with E-state index >= 15 is 0 Å². The van der Waals surface area contributed by atoms with E-state index in [1.807, 2.05) is 77.8 Å². The monoisotopic (exact) mass is 406 g/mol. The van der Waals surface area contributed by atoms with Crippen molar-refractivity contribution in [3.05, 3.63) is 108 Å². The Kier molecular flexibility index (Phi) is 5.15. The van der Waals surface area contributed by atoms with E-state index in [2.05, 4.69) is 34.5 Å². The SMILES string of the molecule is COc1ccc(C2=NN(c3ccc(-c4ccccc4)nn3)C(c3ccccc3)C2)cc1. The molecule has 0 radical (unpaired) electrons. The third-order valence-electron chi connectivity index (χ3n) is 5.47. The minimum absolute atomic E-state index is 0.0650. The van der Waals surface area contributed by atoms with Crippen LogP contribution in [0.5, 0.6) is 5.75 Å². The van der Waals surface area contributed by atoms with Crippen LogP contribution < -0.4 is 9.75 Å². The van der Waals surface area contributed by atoms with Crippen LogP contribution >= 0.6 is 0 Å². The third-order valence-corrected chi connectivity index (χ3v) is 5.47. The smallest absolute Gasteiger partial charge is 0.172 e. The molecule has 0 saturated heterocycles. The van der Waals surface area contributed by atoms with Gasteiger partial charge in [0.05, 0.1) is 24.6 Å². The summed E-state index contributed by atoms with van der Waals surface area (Å²) in [5, 5.41) is 15.9. The van der Waals surface area contributed by atoms with Gasteiger partial charge in [-0.25, -0.2) is 5.01 Å². The lowest BCUT2D eigenvalue weighted by molar-refractivity contribution is 0.415. The number of nitrogens with zero attached hydrogens (tertiary/aromatic N) is 4. The molecule has 0 amide bonds. The Hall–Kier alpha value is -3.99. The van der Waals surface area contributed by atoms with Crippen LogP contribution in [0.2, 0.25) is 0 Å². The van der Waals surface area contributed by atoms with Crippen molar-refractivity contribution >= 4 is 11.5 Å². The molecular weight excluding hydrogens is 384 g/mol. The average molecular weight is 406 g/mol. The summed E-state index contributed by atoms with van der Waals surface area (Å²) in [6, 6.07) is 32.6. The van der Waals surface area contributed by atoms with E-state index in [9.17, 15) is 0 Å². The maximum absolute atomic E-state index is 5.29. The summed E-state index contributed by atoms with van der Waals surface area (Å²) in [6.45, 7) is 0. The molecule has 5 rings (SSSR count). The number of methoxy groups -OCH3 is 1. The van der Waals surface area contributed by atoms with Gasteiger partial charge in [-0.1, -0.05) is 60.7 Å². The maximum Gasteiger partial charge on any atom is 0.172 e. The highest BCUT2D eigenvalue weighted by atomic mass is 16.5. The molecule has 1 aliphatic rings. The Bertz CT molecular complexity index is 1170. The Labute approximate surface area is 181 Å². The lowest BCUT2D eigenvalue weighted by Gasteiger charge is -2.22. The van der Waals surface area contributed by atoms with Gasteiger partial charge in [-0.2, -0.15) is 5.10 Å². The van der Waals surface area contributed by atoms with Crippen molar-refractivity contribution in [3.63, 3.8) is 0 Å². The number of rotatable bonds is 5. The number of aromatic nitrogens is 2. The fourth-order valence-corrected chi connectivity index (χ4v) is 3.82. The van der Waals surface area contributed by atoms with E-state index in [4.69, 9.17) is 9.84 Å². The van der Waals surface area contributed by atoms with Crippen LogP contribution in [0.15, 0.2) is 102 Å². The van der Waals surface area contributed by atoms with Gasteiger partial charge in [0.15, 0.2) is 5.82 Å². The third kappa shape index (κ3) is 3.90. The molecule has 152 valence electrons. The number of anilines is 1. The fourth-order valence-electron chi connectivity index (χ4n) is 3.82. The maximum atomic E-state index is 5.29. The summed E-state index contributed by atoms with van der Waals surface area (Å²) in [4.78, 5) is 0. The first-order chi connectivity index (χ1) is 15.3. The number of benzene rings is 3.